The Labute approximate surface area is 138 Å². The summed E-state index contributed by atoms with van der Waals surface area (Å²) >= 11 is 0. The lowest BCUT2D eigenvalue weighted by Gasteiger charge is -2.32. The smallest absolute Gasteiger partial charge is 0.236 e. The number of likely N-dealkylation sites (N-methyl/N-ethyl adjacent to an activating group) is 1. The fourth-order valence-corrected chi connectivity index (χ4v) is 3.77. The van der Waals surface area contributed by atoms with Gasteiger partial charge in [0.25, 0.3) is 0 Å². The Balaban J connectivity index is 1.59. The van der Waals surface area contributed by atoms with Crippen molar-refractivity contribution in [1.29, 1.82) is 0 Å². The fourth-order valence-electron chi connectivity index (χ4n) is 3.77. The van der Waals surface area contributed by atoms with E-state index in [1.165, 1.54) is 30.4 Å². The normalized spacial score (nSPS) is 18.7. The second kappa shape index (κ2) is 6.83. The van der Waals surface area contributed by atoms with Crippen molar-refractivity contribution < 1.29 is 9.59 Å². The summed E-state index contributed by atoms with van der Waals surface area (Å²) in [6.45, 7) is 3.63. The predicted molar refractivity (Wildman–Crippen MR) is 90.2 cm³/mol. The maximum atomic E-state index is 12.6. The summed E-state index contributed by atoms with van der Waals surface area (Å²) in [6, 6.07) is 6.32. The second-order valence-corrected chi connectivity index (χ2v) is 6.98. The number of hydrogen-bond acceptors (Lipinski definition) is 3. The molecule has 124 valence electrons. The molecule has 1 aromatic carbocycles. The molecule has 0 spiro atoms. The minimum atomic E-state index is 0.0966. The maximum absolute atomic E-state index is 12.6. The van der Waals surface area contributed by atoms with E-state index in [0.29, 0.717) is 12.6 Å². The van der Waals surface area contributed by atoms with Crippen molar-refractivity contribution in [2.24, 2.45) is 0 Å². The highest BCUT2D eigenvalue weighted by Crippen LogP contribution is 2.25. The Kier molecular flexibility index (Phi) is 4.81. The zero-order chi connectivity index (χ0) is 16.4. The van der Waals surface area contributed by atoms with Crippen LogP contribution in [0.4, 0.5) is 0 Å². The van der Waals surface area contributed by atoms with E-state index in [0.717, 1.165) is 31.5 Å². The van der Waals surface area contributed by atoms with E-state index in [4.69, 9.17) is 0 Å². The van der Waals surface area contributed by atoms with Gasteiger partial charge >= 0.3 is 0 Å². The number of hydrogen-bond donors (Lipinski definition) is 0. The van der Waals surface area contributed by atoms with Gasteiger partial charge in [-0.1, -0.05) is 31.4 Å². The molecule has 1 saturated carbocycles. The lowest BCUT2D eigenvalue weighted by Crippen LogP contribution is -2.43. The molecule has 0 radical (unpaired) electrons. The number of rotatable bonds is 4. The Bertz CT molecular complexity index is 605. The second-order valence-electron chi connectivity index (χ2n) is 6.98. The number of benzene rings is 1. The highest BCUT2D eigenvalue weighted by molar-refractivity contribution is 5.94. The third-order valence-electron chi connectivity index (χ3n) is 5.28. The quantitative estimate of drug-likeness (QED) is 0.802. The summed E-state index contributed by atoms with van der Waals surface area (Å²) in [5, 5.41) is 0. The highest BCUT2D eigenvalue weighted by atomic mass is 16.2. The number of fused-ring (bicyclic) bond motifs is 1. The van der Waals surface area contributed by atoms with Gasteiger partial charge in [-0.05, 0) is 37.0 Å². The molecular weight excluding hydrogens is 288 g/mol. The average Bonchev–Trinajstić information content (AvgIpc) is 2.96. The van der Waals surface area contributed by atoms with Crippen LogP contribution in [0.15, 0.2) is 18.2 Å². The first-order valence-electron chi connectivity index (χ1n) is 8.65. The zero-order valence-corrected chi connectivity index (χ0v) is 14.2. The average molecular weight is 314 g/mol. The van der Waals surface area contributed by atoms with Crippen LogP contribution in [0.25, 0.3) is 0 Å². The van der Waals surface area contributed by atoms with Gasteiger partial charge in [0, 0.05) is 31.7 Å². The monoisotopic (exact) mass is 314 g/mol. The Morgan fingerprint density at radius 3 is 2.52 bits per heavy atom. The van der Waals surface area contributed by atoms with E-state index in [2.05, 4.69) is 4.90 Å². The fraction of sp³-hybridized carbons (Fsp3) is 0.579. The van der Waals surface area contributed by atoms with Crippen molar-refractivity contribution >= 4 is 11.7 Å². The summed E-state index contributed by atoms with van der Waals surface area (Å²) in [4.78, 5) is 28.2. The first kappa shape index (κ1) is 16.2. The standard InChI is InChI=1S/C19H26N2O2/c1-14(22)15-8-9-16-11-21(12-17(16)10-15)13-19(23)20(2)18-6-4-3-5-7-18/h8-10,18H,3-7,11-13H2,1-2H3. The largest absolute Gasteiger partial charge is 0.342 e. The van der Waals surface area contributed by atoms with Crippen LogP contribution in [-0.4, -0.2) is 41.1 Å². The van der Waals surface area contributed by atoms with Gasteiger partial charge in [0.15, 0.2) is 5.78 Å². The van der Waals surface area contributed by atoms with Gasteiger partial charge in [-0.2, -0.15) is 0 Å². The SMILES string of the molecule is CC(=O)c1ccc2c(c1)CN(CC(=O)N(C)C1CCCCC1)C2. The van der Waals surface area contributed by atoms with Gasteiger partial charge in [-0.15, -0.1) is 0 Å². The van der Waals surface area contributed by atoms with Crippen LogP contribution >= 0.6 is 0 Å². The molecule has 1 aliphatic carbocycles. The zero-order valence-electron chi connectivity index (χ0n) is 14.2. The predicted octanol–water partition coefficient (Wildman–Crippen LogP) is 3.00. The minimum Gasteiger partial charge on any atom is -0.342 e. The molecule has 0 atom stereocenters. The first-order valence-corrected chi connectivity index (χ1v) is 8.65. The van der Waals surface area contributed by atoms with Gasteiger partial charge < -0.3 is 4.90 Å². The molecule has 0 N–H and O–H groups in total. The number of Topliss-reactive ketones (excluding diaryl/α,β-unsaturated/α-hetero) is 1. The highest BCUT2D eigenvalue weighted by Gasteiger charge is 2.26. The molecule has 0 bridgehead atoms. The van der Waals surface area contributed by atoms with Gasteiger partial charge in [-0.3, -0.25) is 14.5 Å². The van der Waals surface area contributed by atoms with Crippen LogP contribution in [0.1, 0.15) is 60.5 Å². The van der Waals surface area contributed by atoms with E-state index >= 15 is 0 Å². The summed E-state index contributed by atoms with van der Waals surface area (Å²) in [6.07, 6.45) is 6.07. The topological polar surface area (TPSA) is 40.6 Å². The van der Waals surface area contributed by atoms with Gasteiger partial charge in [-0.25, -0.2) is 0 Å². The van der Waals surface area contributed by atoms with Crippen LogP contribution < -0.4 is 0 Å². The molecule has 4 heteroatoms. The summed E-state index contributed by atoms with van der Waals surface area (Å²) in [5.41, 5.74) is 3.19. The summed E-state index contributed by atoms with van der Waals surface area (Å²) in [7, 11) is 1.95. The molecular formula is C19H26N2O2. The number of ketones is 1. The molecule has 1 heterocycles. The van der Waals surface area contributed by atoms with Crippen LogP contribution in [0.2, 0.25) is 0 Å². The van der Waals surface area contributed by atoms with Crippen molar-refractivity contribution in [2.45, 2.75) is 58.2 Å². The molecule has 3 rings (SSSR count). The molecule has 23 heavy (non-hydrogen) atoms. The lowest BCUT2D eigenvalue weighted by atomic mass is 9.94. The number of amides is 1. The third kappa shape index (κ3) is 3.63. The van der Waals surface area contributed by atoms with Gasteiger partial charge in [0.2, 0.25) is 5.91 Å². The first-order chi connectivity index (χ1) is 11.0. The van der Waals surface area contributed by atoms with Gasteiger partial charge in [0.05, 0.1) is 6.54 Å². The van der Waals surface area contributed by atoms with E-state index in [1.54, 1.807) is 6.92 Å². The molecule has 0 aromatic heterocycles. The molecule has 0 saturated heterocycles. The van der Waals surface area contributed by atoms with E-state index in [1.807, 2.05) is 30.1 Å². The summed E-state index contributed by atoms with van der Waals surface area (Å²) < 4.78 is 0. The molecule has 1 aromatic rings. The van der Waals surface area contributed by atoms with Crippen LogP contribution in [-0.2, 0) is 17.9 Å². The van der Waals surface area contributed by atoms with Crippen molar-refractivity contribution in [3.63, 3.8) is 0 Å². The maximum Gasteiger partial charge on any atom is 0.236 e. The number of carbonyl (C=O) groups is 2. The number of nitrogens with zero attached hydrogens (tertiary/aromatic N) is 2. The van der Waals surface area contributed by atoms with Crippen LogP contribution in [0.3, 0.4) is 0 Å². The Morgan fingerprint density at radius 2 is 1.83 bits per heavy atom. The lowest BCUT2D eigenvalue weighted by molar-refractivity contribution is -0.133. The molecule has 1 aliphatic heterocycles. The molecule has 1 fully saturated rings. The van der Waals surface area contributed by atoms with E-state index in [9.17, 15) is 9.59 Å². The van der Waals surface area contributed by atoms with Crippen molar-refractivity contribution in [3.05, 3.63) is 34.9 Å². The molecule has 4 nitrogen and oxygen atoms in total. The van der Waals surface area contributed by atoms with Gasteiger partial charge in [0.1, 0.15) is 0 Å². The van der Waals surface area contributed by atoms with Crippen molar-refractivity contribution in [3.8, 4) is 0 Å². The Morgan fingerprint density at radius 1 is 1.13 bits per heavy atom. The minimum absolute atomic E-state index is 0.0966. The van der Waals surface area contributed by atoms with Crippen molar-refractivity contribution in [2.75, 3.05) is 13.6 Å². The van der Waals surface area contributed by atoms with E-state index < -0.39 is 0 Å². The molecule has 1 amide bonds. The Hall–Kier alpha value is -1.68. The third-order valence-corrected chi connectivity index (χ3v) is 5.28. The summed E-state index contributed by atoms with van der Waals surface area (Å²) in [5.74, 6) is 0.316. The van der Waals surface area contributed by atoms with Crippen LogP contribution in [0.5, 0.6) is 0 Å². The van der Waals surface area contributed by atoms with Crippen molar-refractivity contribution in [1.82, 2.24) is 9.80 Å². The molecule has 0 unspecified atom stereocenters. The van der Waals surface area contributed by atoms with Crippen LogP contribution in [0, 0.1) is 0 Å². The number of carbonyl (C=O) groups excluding carboxylic acids is 2. The molecule has 2 aliphatic rings. The van der Waals surface area contributed by atoms with E-state index in [-0.39, 0.29) is 11.7 Å².